The van der Waals surface area contributed by atoms with E-state index in [2.05, 4.69) is 10.1 Å². The van der Waals surface area contributed by atoms with Gasteiger partial charge in [0.2, 0.25) is 5.82 Å². The minimum absolute atomic E-state index is 0.0503. The third-order valence-corrected chi connectivity index (χ3v) is 3.72. The Morgan fingerprint density at radius 1 is 1.17 bits per heavy atom. The maximum Gasteiger partial charge on any atom is 0.310 e. The lowest BCUT2D eigenvalue weighted by molar-refractivity contribution is -0.144. The normalized spacial score (nSPS) is 10.6. The zero-order valence-electron chi connectivity index (χ0n) is 13.0. The standard InChI is InChI=1S/C18H15ClN2O3/c1-12-4-2-3-5-15(12)18-20-16(24-21-18)11-23-17(22)10-13-6-8-14(19)9-7-13/h2-9H,10-11H2,1H3. The van der Waals surface area contributed by atoms with E-state index in [4.69, 9.17) is 20.9 Å². The van der Waals surface area contributed by atoms with E-state index in [0.29, 0.717) is 10.8 Å². The maximum absolute atomic E-state index is 11.9. The number of nitrogens with zero attached hydrogens (tertiary/aromatic N) is 2. The lowest BCUT2D eigenvalue weighted by Gasteiger charge is -2.02. The third kappa shape index (κ3) is 4.00. The highest BCUT2D eigenvalue weighted by molar-refractivity contribution is 6.30. The summed E-state index contributed by atoms with van der Waals surface area (Å²) in [7, 11) is 0. The van der Waals surface area contributed by atoms with Crippen molar-refractivity contribution in [2.45, 2.75) is 20.0 Å². The molecule has 1 aromatic heterocycles. The van der Waals surface area contributed by atoms with E-state index in [0.717, 1.165) is 16.7 Å². The van der Waals surface area contributed by atoms with Crippen LogP contribution >= 0.6 is 11.6 Å². The smallest absolute Gasteiger partial charge is 0.310 e. The molecule has 0 bridgehead atoms. The zero-order chi connectivity index (χ0) is 16.9. The summed E-state index contributed by atoms with van der Waals surface area (Å²) >= 11 is 5.81. The fourth-order valence-electron chi connectivity index (χ4n) is 2.21. The number of ether oxygens (including phenoxy) is 1. The Morgan fingerprint density at radius 2 is 1.92 bits per heavy atom. The third-order valence-electron chi connectivity index (χ3n) is 3.47. The van der Waals surface area contributed by atoms with Crippen LogP contribution in [-0.2, 0) is 22.6 Å². The van der Waals surface area contributed by atoms with Crippen LogP contribution < -0.4 is 0 Å². The van der Waals surface area contributed by atoms with Crippen LogP contribution in [0.4, 0.5) is 0 Å². The van der Waals surface area contributed by atoms with E-state index in [1.165, 1.54) is 0 Å². The summed E-state index contributed by atoms with van der Waals surface area (Å²) in [4.78, 5) is 16.1. The first-order valence-electron chi connectivity index (χ1n) is 7.40. The molecule has 24 heavy (non-hydrogen) atoms. The zero-order valence-corrected chi connectivity index (χ0v) is 13.8. The number of carbonyl (C=O) groups excluding carboxylic acids is 1. The van der Waals surface area contributed by atoms with E-state index in [1.807, 2.05) is 31.2 Å². The Bertz CT molecular complexity index is 843. The molecule has 0 unspecified atom stereocenters. The first kappa shape index (κ1) is 16.2. The summed E-state index contributed by atoms with van der Waals surface area (Å²) in [6, 6.07) is 14.8. The summed E-state index contributed by atoms with van der Waals surface area (Å²) in [5, 5.41) is 4.55. The molecule has 1 heterocycles. The van der Waals surface area contributed by atoms with E-state index >= 15 is 0 Å². The van der Waals surface area contributed by atoms with Crippen LogP contribution in [-0.4, -0.2) is 16.1 Å². The molecule has 0 aliphatic rings. The minimum Gasteiger partial charge on any atom is -0.455 e. The summed E-state index contributed by atoms with van der Waals surface area (Å²) < 4.78 is 10.3. The number of hydrogen-bond donors (Lipinski definition) is 0. The molecular weight excluding hydrogens is 328 g/mol. The van der Waals surface area contributed by atoms with Crippen LogP contribution in [0.3, 0.4) is 0 Å². The molecule has 0 atom stereocenters. The Morgan fingerprint density at radius 3 is 2.67 bits per heavy atom. The van der Waals surface area contributed by atoms with Crippen LogP contribution in [0.1, 0.15) is 17.0 Å². The minimum atomic E-state index is -0.368. The summed E-state index contributed by atoms with van der Waals surface area (Å²) in [5.74, 6) is 0.377. The number of aryl methyl sites for hydroxylation is 1. The number of carbonyl (C=O) groups is 1. The molecular formula is C18H15ClN2O3. The molecule has 0 N–H and O–H groups in total. The van der Waals surface area contributed by atoms with E-state index in [1.54, 1.807) is 24.3 Å². The number of esters is 1. The molecule has 0 amide bonds. The Labute approximate surface area is 144 Å². The molecule has 0 spiro atoms. The van der Waals surface area contributed by atoms with Gasteiger partial charge in [0, 0.05) is 10.6 Å². The van der Waals surface area contributed by atoms with E-state index in [-0.39, 0.29) is 24.9 Å². The monoisotopic (exact) mass is 342 g/mol. The number of aromatic nitrogens is 2. The summed E-state index contributed by atoms with van der Waals surface area (Å²) in [5.41, 5.74) is 2.76. The Hall–Kier alpha value is -2.66. The van der Waals surface area contributed by atoms with E-state index in [9.17, 15) is 4.79 Å². The highest BCUT2D eigenvalue weighted by atomic mass is 35.5. The van der Waals surface area contributed by atoms with Gasteiger partial charge < -0.3 is 9.26 Å². The van der Waals surface area contributed by atoms with Crippen molar-refractivity contribution < 1.29 is 14.1 Å². The molecule has 5 nitrogen and oxygen atoms in total. The second-order valence-corrected chi connectivity index (χ2v) is 5.73. The van der Waals surface area contributed by atoms with Crippen LogP contribution in [0.15, 0.2) is 53.1 Å². The lowest BCUT2D eigenvalue weighted by Crippen LogP contribution is -2.08. The van der Waals surface area contributed by atoms with E-state index < -0.39 is 0 Å². The van der Waals surface area contributed by atoms with Crippen molar-refractivity contribution in [1.82, 2.24) is 10.1 Å². The van der Waals surface area contributed by atoms with Gasteiger partial charge in [-0.05, 0) is 30.2 Å². The summed E-state index contributed by atoms with van der Waals surface area (Å²) in [6.07, 6.45) is 0.163. The van der Waals surface area contributed by atoms with Crippen LogP contribution in [0, 0.1) is 6.92 Å². The van der Waals surface area contributed by atoms with Gasteiger partial charge in [0.05, 0.1) is 6.42 Å². The SMILES string of the molecule is Cc1ccccc1-c1noc(COC(=O)Cc2ccc(Cl)cc2)n1. The molecule has 0 radical (unpaired) electrons. The largest absolute Gasteiger partial charge is 0.455 e. The molecule has 0 saturated carbocycles. The molecule has 0 fully saturated rings. The molecule has 0 aliphatic carbocycles. The number of rotatable bonds is 5. The van der Waals surface area contributed by atoms with Crippen molar-refractivity contribution in [3.63, 3.8) is 0 Å². The second-order valence-electron chi connectivity index (χ2n) is 5.29. The van der Waals surface area contributed by atoms with Crippen molar-refractivity contribution >= 4 is 17.6 Å². The number of hydrogen-bond acceptors (Lipinski definition) is 5. The predicted octanol–water partition coefficient (Wildman–Crippen LogP) is 3.98. The van der Waals surface area contributed by atoms with Crippen molar-refractivity contribution in [3.05, 3.63) is 70.6 Å². The summed E-state index contributed by atoms with van der Waals surface area (Å²) in [6.45, 7) is 1.92. The second kappa shape index (κ2) is 7.27. The molecule has 0 aliphatic heterocycles. The van der Waals surface area contributed by atoms with Crippen molar-refractivity contribution in [2.75, 3.05) is 0 Å². The van der Waals surface area contributed by atoms with Gasteiger partial charge in [-0.1, -0.05) is 53.2 Å². The van der Waals surface area contributed by atoms with Crippen molar-refractivity contribution in [1.29, 1.82) is 0 Å². The van der Waals surface area contributed by atoms with Crippen LogP contribution in [0.2, 0.25) is 5.02 Å². The predicted molar refractivity (Wildman–Crippen MR) is 89.4 cm³/mol. The van der Waals surface area contributed by atoms with Gasteiger partial charge in [-0.15, -0.1) is 0 Å². The highest BCUT2D eigenvalue weighted by Crippen LogP contribution is 2.20. The number of halogens is 1. The van der Waals surface area contributed by atoms with Crippen LogP contribution in [0.5, 0.6) is 0 Å². The average Bonchev–Trinajstić information content (AvgIpc) is 3.04. The van der Waals surface area contributed by atoms with Gasteiger partial charge in [0.25, 0.3) is 5.89 Å². The van der Waals surface area contributed by atoms with Gasteiger partial charge in [0.15, 0.2) is 6.61 Å². The first-order valence-corrected chi connectivity index (χ1v) is 7.78. The maximum atomic E-state index is 11.9. The molecule has 3 aromatic rings. The molecule has 0 saturated heterocycles. The fourth-order valence-corrected chi connectivity index (χ4v) is 2.33. The molecule has 6 heteroatoms. The average molecular weight is 343 g/mol. The van der Waals surface area contributed by atoms with Crippen molar-refractivity contribution in [2.24, 2.45) is 0 Å². The number of benzene rings is 2. The lowest BCUT2D eigenvalue weighted by atomic mass is 10.1. The Balaban J connectivity index is 1.58. The first-order chi connectivity index (χ1) is 11.6. The van der Waals surface area contributed by atoms with Crippen LogP contribution in [0.25, 0.3) is 11.4 Å². The van der Waals surface area contributed by atoms with Gasteiger partial charge >= 0.3 is 5.97 Å². The van der Waals surface area contributed by atoms with Crippen molar-refractivity contribution in [3.8, 4) is 11.4 Å². The molecule has 2 aromatic carbocycles. The quantitative estimate of drug-likeness (QED) is 0.656. The molecule has 122 valence electrons. The topological polar surface area (TPSA) is 65.2 Å². The fraction of sp³-hybridized carbons (Fsp3) is 0.167. The highest BCUT2D eigenvalue weighted by Gasteiger charge is 2.12. The molecule has 3 rings (SSSR count). The van der Waals surface area contributed by atoms with Gasteiger partial charge in [-0.3, -0.25) is 4.79 Å². The Kier molecular flexibility index (Phi) is 4.91. The van der Waals surface area contributed by atoms with Gasteiger partial charge in [-0.25, -0.2) is 0 Å². The van der Waals surface area contributed by atoms with Gasteiger partial charge in [-0.2, -0.15) is 4.98 Å². The van der Waals surface area contributed by atoms with Gasteiger partial charge in [0.1, 0.15) is 0 Å².